The second-order valence-electron chi connectivity index (χ2n) is 2.94. The summed E-state index contributed by atoms with van der Waals surface area (Å²) in [6.07, 6.45) is 0. The van der Waals surface area contributed by atoms with Crippen LogP contribution in [0, 0.1) is 13.8 Å². The summed E-state index contributed by atoms with van der Waals surface area (Å²) in [7, 11) is 1.68. The molecule has 0 aliphatic carbocycles. The van der Waals surface area contributed by atoms with Gasteiger partial charge >= 0.3 is 0 Å². The van der Waals surface area contributed by atoms with Gasteiger partial charge in [0.15, 0.2) is 0 Å². The van der Waals surface area contributed by atoms with Crippen molar-refractivity contribution in [3.8, 4) is 5.75 Å². The minimum atomic E-state index is 0.599. The van der Waals surface area contributed by atoms with Crippen LogP contribution in [-0.2, 0) is 6.54 Å². The second kappa shape index (κ2) is 3.59. The third-order valence-corrected chi connectivity index (χ3v) is 2.11. The number of methoxy groups -OCH3 is 1. The Kier molecular flexibility index (Phi) is 2.71. The van der Waals surface area contributed by atoms with Crippen LogP contribution < -0.4 is 10.5 Å². The zero-order valence-electron chi connectivity index (χ0n) is 7.85. The first-order valence-electron chi connectivity index (χ1n) is 4.03. The van der Waals surface area contributed by atoms with Gasteiger partial charge in [0.25, 0.3) is 0 Å². The largest absolute Gasteiger partial charge is 0.497 e. The van der Waals surface area contributed by atoms with Crippen molar-refractivity contribution in [2.24, 2.45) is 5.73 Å². The lowest BCUT2D eigenvalue weighted by atomic mass is 10.0. The molecular formula is C10H15NO. The third-order valence-electron chi connectivity index (χ3n) is 2.11. The van der Waals surface area contributed by atoms with E-state index in [0.717, 1.165) is 5.75 Å². The van der Waals surface area contributed by atoms with Crippen molar-refractivity contribution in [2.45, 2.75) is 20.4 Å². The van der Waals surface area contributed by atoms with Gasteiger partial charge in [-0.05, 0) is 42.7 Å². The molecule has 1 rings (SSSR count). The van der Waals surface area contributed by atoms with E-state index in [-0.39, 0.29) is 0 Å². The highest BCUT2D eigenvalue weighted by atomic mass is 16.5. The lowest BCUT2D eigenvalue weighted by Gasteiger charge is -2.09. The van der Waals surface area contributed by atoms with Crippen LogP contribution in [0.4, 0.5) is 0 Å². The minimum Gasteiger partial charge on any atom is -0.497 e. The Bertz CT molecular complexity index is 258. The molecule has 0 amide bonds. The zero-order chi connectivity index (χ0) is 9.14. The van der Waals surface area contributed by atoms with Gasteiger partial charge in [-0.3, -0.25) is 0 Å². The van der Waals surface area contributed by atoms with Gasteiger partial charge in [0, 0.05) is 6.54 Å². The van der Waals surface area contributed by atoms with Crippen molar-refractivity contribution in [1.29, 1.82) is 0 Å². The second-order valence-corrected chi connectivity index (χ2v) is 2.94. The standard InChI is InChI=1S/C10H15NO/c1-7-4-9(12-3)5-8(2)10(7)6-11/h4-5H,6,11H2,1-3H3. The molecule has 0 saturated carbocycles. The number of aryl methyl sites for hydroxylation is 2. The molecule has 0 saturated heterocycles. The molecule has 2 N–H and O–H groups in total. The Morgan fingerprint density at radius 2 is 1.75 bits per heavy atom. The quantitative estimate of drug-likeness (QED) is 0.724. The number of rotatable bonds is 2. The maximum atomic E-state index is 5.60. The first kappa shape index (κ1) is 9.07. The van der Waals surface area contributed by atoms with Crippen LogP contribution in [0.2, 0.25) is 0 Å². The van der Waals surface area contributed by atoms with Gasteiger partial charge in [-0.2, -0.15) is 0 Å². The molecule has 0 radical (unpaired) electrons. The van der Waals surface area contributed by atoms with Gasteiger partial charge in [-0.15, -0.1) is 0 Å². The SMILES string of the molecule is COc1cc(C)c(CN)c(C)c1. The molecule has 2 heteroatoms. The Morgan fingerprint density at radius 3 is 2.08 bits per heavy atom. The van der Waals surface area contributed by atoms with Gasteiger partial charge in [0.1, 0.15) is 5.75 Å². The van der Waals surface area contributed by atoms with Crippen molar-refractivity contribution in [1.82, 2.24) is 0 Å². The van der Waals surface area contributed by atoms with Crippen molar-refractivity contribution in [2.75, 3.05) is 7.11 Å². The van der Waals surface area contributed by atoms with Gasteiger partial charge in [0.05, 0.1) is 7.11 Å². The highest BCUT2D eigenvalue weighted by Gasteiger charge is 2.02. The summed E-state index contributed by atoms with van der Waals surface area (Å²) < 4.78 is 5.13. The van der Waals surface area contributed by atoms with Crippen molar-refractivity contribution < 1.29 is 4.74 Å². The van der Waals surface area contributed by atoms with Gasteiger partial charge in [-0.1, -0.05) is 0 Å². The summed E-state index contributed by atoms with van der Waals surface area (Å²) >= 11 is 0. The predicted molar refractivity (Wildman–Crippen MR) is 50.4 cm³/mol. The van der Waals surface area contributed by atoms with Crippen molar-refractivity contribution >= 4 is 0 Å². The topological polar surface area (TPSA) is 35.2 Å². The van der Waals surface area contributed by atoms with Crippen LogP contribution in [-0.4, -0.2) is 7.11 Å². The fourth-order valence-electron chi connectivity index (χ4n) is 1.39. The van der Waals surface area contributed by atoms with E-state index >= 15 is 0 Å². The summed E-state index contributed by atoms with van der Waals surface area (Å²) in [5.41, 5.74) is 9.23. The molecule has 0 aliphatic heterocycles. The van der Waals surface area contributed by atoms with Crippen molar-refractivity contribution in [3.63, 3.8) is 0 Å². The van der Waals surface area contributed by atoms with Crippen LogP contribution in [0.25, 0.3) is 0 Å². The van der Waals surface area contributed by atoms with Crippen molar-refractivity contribution in [3.05, 3.63) is 28.8 Å². The number of nitrogens with two attached hydrogens (primary N) is 1. The highest BCUT2D eigenvalue weighted by molar-refractivity contribution is 5.40. The Hall–Kier alpha value is -1.02. The molecule has 0 atom stereocenters. The maximum absolute atomic E-state index is 5.60. The average molecular weight is 165 g/mol. The van der Waals surface area contributed by atoms with Crippen LogP contribution >= 0.6 is 0 Å². The Morgan fingerprint density at radius 1 is 1.25 bits per heavy atom. The average Bonchev–Trinajstić information content (AvgIpc) is 2.03. The molecule has 0 aliphatic rings. The molecule has 1 aromatic rings. The van der Waals surface area contributed by atoms with Crippen LogP contribution in [0.5, 0.6) is 5.75 Å². The van der Waals surface area contributed by atoms with Crippen LogP contribution in [0.15, 0.2) is 12.1 Å². The van der Waals surface area contributed by atoms with Gasteiger partial charge in [0.2, 0.25) is 0 Å². The first-order valence-corrected chi connectivity index (χ1v) is 4.03. The summed E-state index contributed by atoms with van der Waals surface area (Å²) in [5.74, 6) is 0.905. The van der Waals surface area contributed by atoms with E-state index in [1.807, 2.05) is 12.1 Å². The fraction of sp³-hybridized carbons (Fsp3) is 0.400. The van der Waals surface area contributed by atoms with E-state index in [1.54, 1.807) is 7.11 Å². The highest BCUT2D eigenvalue weighted by Crippen LogP contribution is 2.20. The number of hydrogen-bond donors (Lipinski definition) is 1. The molecule has 66 valence electrons. The summed E-state index contributed by atoms with van der Waals surface area (Å²) in [4.78, 5) is 0. The fourth-order valence-corrected chi connectivity index (χ4v) is 1.39. The summed E-state index contributed by atoms with van der Waals surface area (Å²) in [6, 6.07) is 4.02. The molecule has 1 aromatic carbocycles. The number of benzene rings is 1. The Balaban J connectivity index is 3.18. The molecule has 0 heterocycles. The normalized spacial score (nSPS) is 10.0. The number of hydrogen-bond acceptors (Lipinski definition) is 2. The summed E-state index contributed by atoms with van der Waals surface area (Å²) in [6.45, 7) is 4.71. The monoisotopic (exact) mass is 165 g/mol. The molecule has 0 aromatic heterocycles. The van der Waals surface area contributed by atoms with E-state index in [2.05, 4.69) is 13.8 Å². The Labute approximate surface area is 73.3 Å². The van der Waals surface area contributed by atoms with E-state index < -0.39 is 0 Å². The molecule has 0 bridgehead atoms. The third kappa shape index (κ3) is 1.59. The molecule has 2 nitrogen and oxygen atoms in total. The van der Waals surface area contributed by atoms with E-state index in [4.69, 9.17) is 10.5 Å². The lowest BCUT2D eigenvalue weighted by Crippen LogP contribution is -2.02. The van der Waals surface area contributed by atoms with E-state index in [9.17, 15) is 0 Å². The van der Waals surface area contributed by atoms with Crippen LogP contribution in [0.3, 0.4) is 0 Å². The van der Waals surface area contributed by atoms with Crippen LogP contribution in [0.1, 0.15) is 16.7 Å². The maximum Gasteiger partial charge on any atom is 0.119 e. The summed E-state index contributed by atoms with van der Waals surface area (Å²) in [5, 5.41) is 0. The predicted octanol–water partition coefficient (Wildman–Crippen LogP) is 1.77. The number of ether oxygens (including phenoxy) is 1. The first-order chi connectivity index (χ1) is 5.69. The molecule has 0 fully saturated rings. The lowest BCUT2D eigenvalue weighted by molar-refractivity contribution is 0.414. The minimum absolute atomic E-state index is 0.599. The molecular weight excluding hydrogens is 150 g/mol. The smallest absolute Gasteiger partial charge is 0.119 e. The molecule has 12 heavy (non-hydrogen) atoms. The van der Waals surface area contributed by atoms with Gasteiger partial charge in [-0.25, -0.2) is 0 Å². The van der Waals surface area contributed by atoms with E-state index in [0.29, 0.717) is 6.54 Å². The molecule has 0 spiro atoms. The van der Waals surface area contributed by atoms with E-state index in [1.165, 1.54) is 16.7 Å². The zero-order valence-corrected chi connectivity index (χ0v) is 7.85. The molecule has 0 unspecified atom stereocenters. The van der Waals surface area contributed by atoms with Gasteiger partial charge < -0.3 is 10.5 Å².